The molecule has 6 heteroatoms. The number of carbonyl (C=O) groups is 1. The van der Waals surface area contributed by atoms with E-state index in [0.717, 1.165) is 19.4 Å². The van der Waals surface area contributed by atoms with Gasteiger partial charge in [0.05, 0.1) is 6.10 Å². The van der Waals surface area contributed by atoms with Crippen LogP contribution in [0.25, 0.3) is 0 Å². The predicted octanol–water partition coefficient (Wildman–Crippen LogP) is 1.03. The Hall–Kier alpha value is -2.08. The first-order chi connectivity index (χ1) is 9.61. The maximum atomic E-state index is 12.3. The van der Waals surface area contributed by atoms with Crippen molar-refractivity contribution in [3.8, 4) is 0 Å². The number of hydrogen-bond acceptors (Lipinski definition) is 4. The fourth-order valence-electron chi connectivity index (χ4n) is 2.27. The Morgan fingerprint density at radius 2 is 2.30 bits per heavy atom. The third kappa shape index (κ3) is 3.27. The number of amidine groups is 1. The first-order valence-electron chi connectivity index (χ1n) is 6.57. The summed E-state index contributed by atoms with van der Waals surface area (Å²) in [6, 6.07) is 6.72. The van der Waals surface area contributed by atoms with Gasteiger partial charge in [-0.25, -0.2) is 0 Å². The van der Waals surface area contributed by atoms with Crippen molar-refractivity contribution < 1.29 is 14.7 Å². The molecule has 6 nitrogen and oxygen atoms in total. The van der Waals surface area contributed by atoms with Gasteiger partial charge in [0, 0.05) is 31.3 Å². The van der Waals surface area contributed by atoms with E-state index in [1.165, 1.54) is 0 Å². The Kier molecular flexibility index (Phi) is 4.57. The van der Waals surface area contributed by atoms with E-state index in [0.29, 0.717) is 17.7 Å². The minimum absolute atomic E-state index is 0.0126. The Labute approximate surface area is 117 Å². The molecule has 1 aliphatic heterocycles. The van der Waals surface area contributed by atoms with Gasteiger partial charge in [0.15, 0.2) is 5.84 Å². The van der Waals surface area contributed by atoms with Crippen molar-refractivity contribution >= 4 is 11.7 Å². The summed E-state index contributed by atoms with van der Waals surface area (Å²) >= 11 is 0. The van der Waals surface area contributed by atoms with Gasteiger partial charge in [0.25, 0.3) is 5.91 Å². The van der Waals surface area contributed by atoms with Crippen molar-refractivity contribution in [1.82, 2.24) is 4.90 Å². The highest BCUT2D eigenvalue weighted by Gasteiger charge is 2.21. The van der Waals surface area contributed by atoms with Gasteiger partial charge in [-0.2, -0.15) is 0 Å². The van der Waals surface area contributed by atoms with E-state index < -0.39 is 0 Å². The number of amides is 1. The van der Waals surface area contributed by atoms with E-state index in [9.17, 15) is 4.79 Å². The number of carbonyl (C=O) groups excluding carboxylic acids is 1. The average Bonchev–Trinajstić information content (AvgIpc) is 2.98. The third-order valence-electron chi connectivity index (χ3n) is 3.36. The van der Waals surface area contributed by atoms with E-state index in [-0.39, 0.29) is 17.8 Å². The number of oxime groups is 1. The zero-order valence-electron chi connectivity index (χ0n) is 11.5. The summed E-state index contributed by atoms with van der Waals surface area (Å²) in [4.78, 5) is 14.0. The molecule has 1 heterocycles. The summed E-state index contributed by atoms with van der Waals surface area (Å²) in [6.07, 6.45) is 2.16. The fourth-order valence-corrected chi connectivity index (χ4v) is 2.27. The van der Waals surface area contributed by atoms with E-state index in [1.54, 1.807) is 36.2 Å². The van der Waals surface area contributed by atoms with Gasteiger partial charge in [0.2, 0.25) is 0 Å². The number of nitrogens with zero attached hydrogens (tertiary/aromatic N) is 2. The molecular weight excluding hydrogens is 258 g/mol. The Balaban J connectivity index is 2.07. The molecule has 3 N–H and O–H groups in total. The summed E-state index contributed by atoms with van der Waals surface area (Å²) in [5.74, 6) is -0.116. The summed E-state index contributed by atoms with van der Waals surface area (Å²) in [5, 5.41) is 11.6. The van der Waals surface area contributed by atoms with Crippen LogP contribution in [0.2, 0.25) is 0 Å². The zero-order valence-corrected chi connectivity index (χ0v) is 11.5. The molecule has 20 heavy (non-hydrogen) atoms. The van der Waals surface area contributed by atoms with E-state index in [2.05, 4.69) is 5.16 Å². The largest absolute Gasteiger partial charge is 0.409 e. The molecule has 1 aliphatic rings. The number of likely N-dealkylation sites (N-methyl/N-ethyl adjacent to an activating group) is 1. The molecule has 1 unspecified atom stereocenters. The van der Waals surface area contributed by atoms with Crippen LogP contribution < -0.4 is 5.73 Å². The lowest BCUT2D eigenvalue weighted by Crippen LogP contribution is -2.34. The lowest BCUT2D eigenvalue weighted by molar-refractivity contribution is 0.0587. The molecule has 1 atom stereocenters. The van der Waals surface area contributed by atoms with E-state index in [4.69, 9.17) is 15.7 Å². The normalized spacial score (nSPS) is 19.1. The number of ether oxygens (including phenoxy) is 1. The minimum atomic E-state index is -0.104. The minimum Gasteiger partial charge on any atom is -0.409 e. The number of nitrogens with two attached hydrogens (primary N) is 1. The van der Waals surface area contributed by atoms with Crippen LogP contribution in [-0.2, 0) is 4.74 Å². The molecule has 0 bridgehead atoms. The van der Waals surface area contributed by atoms with E-state index in [1.807, 2.05) is 0 Å². The van der Waals surface area contributed by atoms with Crippen molar-refractivity contribution in [2.45, 2.75) is 18.9 Å². The number of benzene rings is 1. The maximum absolute atomic E-state index is 12.3. The first-order valence-corrected chi connectivity index (χ1v) is 6.57. The van der Waals surface area contributed by atoms with Crippen molar-refractivity contribution in [2.24, 2.45) is 10.9 Å². The SMILES string of the molecule is CN(CC1CCCO1)C(=O)c1cccc(C(N)=NO)c1. The van der Waals surface area contributed by atoms with Crippen LogP contribution in [0, 0.1) is 0 Å². The smallest absolute Gasteiger partial charge is 0.253 e. The lowest BCUT2D eigenvalue weighted by Gasteiger charge is -2.21. The Bertz CT molecular complexity index is 510. The van der Waals surface area contributed by atoms with Crippen molar-refractivity contribution in [3.05, 3.63) is 35.4 Å². The second kappa shape index (κ2) is 6.38. The summed E-state index contributed by atoms with van der Waals surface area (Å²) in [7, 11) is 1.75. The summed E-state index contributed by atoms with van der Waals surface area (Å²) < 4.78 is 5.52. The second-order valence-corrected chi connectivity index (χ2v) is 4.89. The number of rotatable bonds is 4. The van der Waals surface area contributed by atoms with Crippen molar-refractivity contribution in [1.29, 1.82) is 0 Å². The van der Waals surface area contributed by atoms with Crippen LogP contribution in [0.5, 0.6) is 0 Å². The van der Waals surface area contributed by atoms with E-state index >= 15 is 0 Å². The van der Waals surface area contributed by atoms with Gasteiger partial charge < -0.3 is 20.6 Å². The molecule has 1 aromatic rings. The van der Waals surface area contributed by atoms with Crippen LogP contribution in [-0.4, -0.2) is 48.2 Å². The zero-order chi connectivity index (χ0) is 14.5. The molecule has 0 aromatic heterocycles. The lowest BCUT2D eigenvalue weighted by atomic mass is 10.1. The molecule has 108 valence electrons. The van der Waals surface area contributed by atoms with Gasteiger partial charge in [-0.05, 0) is 25.0 Å². The number of hydrogen-bond donors (Lipinski definition) is 2. The highest BCUT2D eigenvalue weighted by atomic mass is 16.5. The highest BCUT2D eigenvalue weighted by molar-refractivity contribution is 6.01. The summed E-state index contributed by atoms with van der Waals surface area (Å²) in [5.41, 5.74) is 6.55. The highest BCUT2D eigenvalue weighted by Crippen LogP contribution is 2.14. The molecule has 0 aliphatic carbocycles. The molecular formula is C14H19N3O3. The first kappa shape index (κ1) is 14.3. The molecule has 1 saturated heterocycles. The predicted molar refractivity (Wildman–Crippen MR) is 74.9 cm³/mol. The maximum Gasteiger partial charge on any atom is 0.253 e. The molecule has 2 rings (SSSR count). The third-order valence-corrected chi connectivity index (χ3v) is 3.36. The molecule has 0 radical (unpaired) electrons. The standard InChI is InChI=1S/C14H19N3O3/c1-17(9-12-6-3-7-20-12)14(18)11-5-2-4-10(8-11)13(15)16-19/h2,4-5,8,12,19H,3,6-7,9H2,1H3,(H2,15,16). The topological polar surface area (TPSA) is 88.2 Å². The molecule has 1 fully saturated rings. The van der Waals surface area contributed by atoms with Gasteiger partial charge in [0.1, 0.15) is 0 Å². The van der Waals surface area contributed by atoms with Gasteiger partial charge >= 0.3 is 0 Å². The van der Waals surface area contributed by atoms with Gasteiger partial charge in [-0.15, -0.1) is 0 Å². The fraction of sp³-hybridized carbons (Fsp3) is 0.429. The monoisotopic (exact) mass is 277 g/mol. The van der Waals surface area contributed by atoms with Crippen LogP contribution in [0.1, 0.15) is 28.8 Å². The Morgan fingerprint density at radius 1 is 1.55 bits per heavy atom. The van der Waals surface area contributed by atoms with Crippen LogP contribution in [0.15, 0.2) is 29.4 Å². The molecule has 0 saturated carbocycles. The van der Waals surface area contributed by atoms with Crippen LogP contribution in [0.3, 0.4) is 0 Å². The van der Waals surface area contributed by atoms with Crippen LogP contribution >= 0.6 is 0 Å². The van der Waals surface area contributed by atoms with Crippen molar-refractivity contribution in [3.63, 3.8) is 0 Å². The molecule has 1 aromatic carbocycles. The second-order valence-electron chi connectivity index (χ2n) is 4.89. The van der Waals surface area contributed by atoms with Crippen molar-refractivity contribution in [2.75, 3.05) is 20.2 Å². The average molecular weight is 277 g/mol. The Morgan fingerprint density at radius 3 is 2.95 bits per heavy atom. The van der Waals surface area contributed by atoms with Gasteiger partial charge in [-0.1, -0.05) is 17.3 Å². The molecule has 0 spiro atoms. The quantitative estimate of drug-likeness (QED) is 0.372. The summed E-state index contributed by atoms with van der Waals surface area (Å²) in [6.45, 7) is 1.35. The molecule has 1 amide bonds. The van der Waals surface area contributed by atoms with Crippen LogP contribution in [0.4, 0.5) is 0 Å². The van der Waals surface area contributed by atoms with Gasteiger partial charge in [-0.3, -0.25) is 4.79 Å².